The third-order valence-electron chi connectivity index (χ3n) is 3.87. The first kappa shape index (κ1) is 17.8. The van der Waals surface area contributed by atoms with Crippen LogP contribution in [0.5, 0.6) is 5.75 Å². The van der Waals surface area contributed by atoms with Crippen LogP contribution in [0.2, 0.25) is 0 Å². The highest BCUT2D eigenvalue weighted by Crippen LogP contribution is 2.22. The highest BCUT2D eigenvalue weighted by molar-refractivity contribution is 5.69. The molecule has 0 radical (unpaired) electrons. The Morgan fingerprint density at radius 3 is 2.65 bits per heavy atom. The Balaban J connectivity index is 1.69. The second-order valence-electron chi connectivity index (χ2n) is 5.68. The Bertz CT molecular complexity index is 471. The van der Waals surface area contributed by atoms with Crippen LogP contribution in [-0.2, 0) is 25.6 Å². The zero-order chi connectivity index (χ0) is 16.5. The maximum absolute atomic E-state index is 11.5. The second kappa shape index (κ2) is 9.53. The third kappa shape index (κ3) is 6.20. The average Bonchev–Trinajstić information content (AvgIpc) is 2.56. The lowest BCUT2D eigenvalue weighted by Gasteiger charge is -2.29. The van der Waals surface area contributed by atoms with Crippen LogP contribution in [0.4, 0.5) is 0 Å². The molecule has 1 aromatic carbocycles. The molecule has 1 heterocycles. The molecule has 5 heteroatoms. The molecule has 1 aliphatic heterocycles. The van der Waals surface area contributed by atoms with E-state index >= 15 is 0 Å². The third-order valence-corrected chi connectivity index (χ3v) is 3.87. The summed E-state index contributed by atoms with van der Waals surface area (Å²) in [5.74, 6) is 0.656. The first-order valence-corrected chi connectivity index (χ1v) is 8.23. The molecule has 0 spiro atoms. The minimum atomic E-state index is -0.183. The Hall–Kier alpha value is -1.59. The van der Waals surface area contributed by atoms with Gasteiger partial charge < -0.3 is 18.9 Å². The maximum Gasteiger partial charge on any atom is 0.308 e. The van der Waals surface area contributed by atoms with Crippen LogP contribution in [0.3, 0.4) is 0 Å². The van der Waals surface area contributed by atoms with E-state index in [1.54, 1.807) is 7.11 Å². The molecule has 0 N–H and O–H groups in total. The van der Waals surface area contributed by atoms with Crippen LogP contribution in [0.25, 0.3) is 0 Å². The molecule has 0 amide bonds. The minimum absolute atomic E-state index is 0.0441. The van der Waals surface area contributed by atoms with Crippen molar-refractivity contribution in [2.75, 3.05) is 20.3 Å². The van der Waals surface area contributed by atoms with Crippen molar-refractivity contribution in [2.24, 2.45) is 0 Å². The number of esters is 1. The zero-order valence-corrected chi connectivity index (χ0v) is 14.0. The van der Waals surface area contributed by atoms with Gasteiger partial charge >= 0.3 is 5.97 Å². The Kier molecular flexibility index (Phi) is 7.36. The van der Waals surface area contributed by atoms with Gasteiger partial charge in [0.2, 0.25) is 0 Å². The van der Waals surface area contributed by atoms with Crippen molar-refractivity contribution < 1.29 is 23.7 Å². The van der Waals surface area contributed by atoms with Gasteiger partial charge in [0.15, 0.2) is 0 Å². The van der Waals surface area contributed by atoms with E-state index in [9.17, 15) is 4.79 Å². The molecule has 23 heavy (non-hydrogen) atoms. The van der Waals surface area contributed by atoms with Crippen molar-refractivity contribution in [1.82, 2.24) is 0 Å². The summed E-state index contributed by atoms with van der Waals surface area (Å²) in [6.07, 6.45) is 3.29. The lowest BCUT2D eigenvalue weighted by atomic mass is 10.0. The summed E-state index contributed by atoms with van der Waals surface area (Å²) >= 11 is 0. The summed E-state index contributed by atoms with van der Waals surface area (Å²) in [6.45, 7) is 3.33. The van der Waals surface area contributed by atoms with Crippen molar-refractivity contribution in [1.29, 1.82) is 0 Å². The van der Waals surface area contributed by atoms with E-state index in [2.05, 4.69) is 0 Å². The molecule has 0 unspecified atom stereocenters. The molecule has 1 fully saturated rings. The Morgan fingerprint density at radius 1 is 1.22 bits per heavy atom. The van der Waals surface area contributed by atoms with Crippen LogP contribution in [0.15, 0.2) is 24.3 Å². The highest BCUT2D eigenvalue weighted by Gasteiger charge is 2.25. The fraction of sp³-hybridized carbons (Fsp3) is 0.611. The molecule has 1 aromatic rings. The van der Waals surface area contributed by atoms with E-state index in [1.165, 1.54) is 0 Å². The lowest BCUT2D eigenvalue weighted by Crippen LogP contribution is -2.32. The molecule has 128 valence electrons. The van der Waals surface area contributed by atoms with Gasteiger partial charge in [0, 0.05) is 0 Å². The number of benzene rings is 1. The quantitative estimate of drug-likeness (QED) is 0.688. The van der Waals surface area contributed by atoms with E-state index < -0.39 is 0 Å². The van der Waals surface area contributed by atoms with Crippen molar-refractivity contribution >= 4 is 5.97 Å². The van der Waals surface area contributed by atoms with E-state index in [1.807, 2.05) is 31.2 Å². The van der Waals surface area contributed by atoms with Crippen molar-refractivity contribution in [3.05, 3.63) is 29.8 Å². The summed E-state index contributed by atoms with van der Waals surface area (Å²) in [5, 5.41) is 0. The molecular weight excluding hydrogens is 296 g/mol. The SMILES string of the molecule is CCOC(=O)C[C@H]1CCC[C@@H](COCc2ccc(OC)cc2)O1. The Morgan fingerprint density at radius 2 is 1.96 bits per heavy atom. The minimum Gasteiger partial charge on any atom is -0.497 e. The first-order valence-electron chi connectivity index (χ1n) is 8.23. The highest BCUT2D eigenvalue weighted by atomic mass is 16.5. The number of carbonyl (C=O) groups is 1. The molecule has 0 aromatic heterocycles. The standard InChI is InChI=1S/C18H26O5/c1-3-22-18(19)11-16-5-4-6-17(23-16)13-21-12-14-7-9-15(20-2)10-8-14/h7-10,16-17H,3-6,11-13H2,1-2H3/t16-,17+/m1/s1. The number of hydrogen-bond donors (Lipinski definition) is 0. The van der Waals surface area contributed by atoms with Crippen molar-refractivity contribution in [3.8, 4) is 5.75 Å². The lowest BCUT2D eigenvalue weighted by molar-refractivity contribution is -0.151. The van der Waals surface area contributed by atoms with Gasteiger partial charge in [-0.1, -0.05) is 12.1 Å². The average molecular weight is 322 g/mol. The van der Waals surface area contributed by atoms with Gasteiger partial charge in [0.05, 0.1) is 45.6 Å². The summed E-state index contributed by atoms with van der Waals surface area (Å²) in [6, 6.07) is 7.82. The zero-order valence-electron chi connectivity index (χ0n) is 14.0. The van der Waals surface area contributed by atoms with Gasteiger partial charge in [-0.15, -0.1) is 0 Å². The van der Waals surface area contributed by atoms with E-state index in [-0.39, 0.29) is 18.2 Å². The van der Waals surface area contributed by atoms with Gasteiger partial charge in [-0.25, -0.2) is 0 Å². The monoisotopic (exact) mass is 322 g/mol. The normalized spacial score (nSPS) is 21.0. The number of methoxy groups -OCH3 is 1. The molecule has 5 nitrogen and oxygen atoms in total. The smallest absolute Gasteiger partial charge is 0.308 e. The number of hydrogen-bond acceptors (Lipinski definition) is 5. The van der Waals surface area contributed by atoms with Crippen molar-refractivity contribution in [3.63, 3.8) is 0 Å². The molecule has 0 aliphatic carbocycles. The molecule has 2 rings (SSSR count). The van der Waals surface area contributed by atoms with Crippen LogP contribution in [0, 0.1) is 0 Å². The Labute approximate surface area is 137 Å². The predicted octanol–water partition coefficient (Wildman–Crippen LogP) is 3.10. The summed E-state index contributed by atoms with van der Waals surface area (Å²) in [4.78, 5) is 11.5. The van der Waals surface area contributed by atoms with Crippen LogP contribution >= 0.6 is 0 Å². The topological polar surface area (TPSA) is 54.0 Å². The first-order chi connectivity index (χ1) is 11.2. The molecular formula is C18H26O5. The van der Waals surface area contributed by atoms with E-state index in [4.69, 9.17) is 18.9 Å². The predicted molar refractivity (Wildman–Crippen MR) is 86.4 cm³/mol. The molecule has 0 bridgehead atoms. The van der Waals surface area contributed by atoms with Gasteiger partial charge in [-0.3, -0.25) is 4.79 Å². The summed E-state index contributed by atoms with van der Waals surface area (Å²) in [5.41, 5.74) is 1.10. The molecule has 1 aliphatic rings. The van der Waals surface area contributed by atoms with Gasteiger partial charge in [-0.05, 0) is 43.9 Å². The maximum atomic E-state index is 11.5. The molecule has 2 atom stereocenters. The van der Waals surface area contributed by atoms with Crippen molar-refractivity contribution in [2.45, 2.75) is 51.4 Å². The number of ether oxygens (including phenoxy) is 4. The van der Waals surface area contributed by atoms with Gasteiger partial charge in [0.1, 0.15) is 5.75 Å². The molecule has 0 saturated carbocycles. The van der Waals surface area contributed by atoms with Crippen LogP contribution in [-0.4, -0.2) is 38.5 Å². The largest absolute Gasteiger partial charge is 0.497 e. The van der Waals surface area contributed by atoms with Crippen LogP contribution < -0.4 is 4.74 Å². The second-order valence-corrected chi connectivity index (χ2v) is 5.68. The van der Waals surface area contributed by atoms with E-state index in [0.717, 1.165) is 30.6 Å². The van der Waals surface area contributed by atoms with E-state index in [0.29, 0.717) is 26.2 Å². The van der Waals surface area contributed by atoms with Gasteiger partial charge in [0.25, 0.3) is 0 Å². The van der Waals surface area contributed by atoms with Gasteiger partial charge in [-0.2, -0.15) is 0 Å². The van der Waals surface area contributed by atoms with Crippen LogP contribution in [0.1, 0.15) is 38.2 Å². The molecule has 1 saturated heterocycles. The fourth-order valence-corrected chi connectivity index (χ4v) is 2.69. The summed E-state index contributed by atoms with van der Waals surface area (Å²) < 4.78 is 21.8. The number of rotatable bonds is 8. The summed E-state index contributed by atoms with van der Waals surface area (Å²) in [7, 11) is 1.65. The number of carbonyl (C=O) groups excluding carboxylic acids is 1. The fourth-order valence-electron chi connectivity index (χ4n) is 2.69.